The average molecular weight is 294 g/mol. The molecule has 1 unspecified atom stereocenters. The highest BCUT2D eigenvalue weighted by molar-refractivity contribution is 6.45. The van der Waals surface area contributed by atoms with Gasteiger partial charge in [0.1, 0.15) is 6.54 Å². The first-order valence-electron chi connectivity index (χ1n) is 6.72. The Hall–Kier alpha value is -2.22. The average Bonchev–Trinajstić information content (AvgIpc) is 3.06. The Bertz CT molecular complexity index is 498. The molecule has 0 aliphatic carbocycles. The third-order valence-corrected chi connectivity index (χ3v) is 3.72. The summed E-state index contributed by atoms with van der Waals surface area (Å²) in [5, 5.41) is 3.14. The van der Waals surface area contributed by atoms with Gasteiger partial charge in [-0.25, -0.2) is 9.69 Å². The molecule has 0 aromatic heterocycles. The largest absolute Gasteiger partial charge is 0.340 e. The number of likely N-dealkylation sites (N-methyl/N-ethyl adjacent to an activating group) is 1. The predicted octanol–water partition coefficient (Wildman–Crippen LogP) is -1.22. The fourth-order valence-electron chi connectivity index (χ4n) is 2.40. The lowest BCUT2D eigenvalue weighted by atomic mass is 10.2. The smallest absolute Gasteiger partial charge is 0.335 e. The van der Waals surface area contributed by atoms with E-state index in [-0.39, 0.29) is 18.5 Å². The van der Waals surface area contributed by atoms with E-state index in [1.54, 1.807) is 7.05 Å². The van der Waals surface area contributed by atoms with Crippen molar-refractivity contribution < 1.29 is 19.2 Å². The monoisotopic (exact) mass is 294 g/mol. The van der Waals surface area contributed by atoms with E-state index in [4.69, 9.17) is 0 Å². The standard InChI is InChI=1S/C13H18N4O4/c1-3-6-16-11(19)12(20)17(13(16)21)8-10(18)15(2)9-4-5-14-7-9/h3,9,14H,1,4-8H2,2H3. The molecule has 0 aromatic carbocycles. The normalized spacial score (nSPS) is 22.1. The molecule has 5 amide bonds. The molecule has 21 heavy (non-hydrogen) atoms. The van der Waals surface area contributed by atoms with Gasteiger partial charge in [0.2, 0.25) is 5.91 Å². The molecule has 2 aliphatic heterocycles. The number of amides is 5. The third-order valence-electron chi connectivity index (χ3n) is 3.72. The lowest BCUT2D eigenvalue weighted by Gasteiger charge is -2.25. The van der Waals surface area contributed by atoms with Crippen molar-refractivity contribution in [3.05, 3.63) is 12.7 Å². The molecule has 0 radical (unpaired) electrons. The topological polar surface area (TPSA) is 90.0 Å². The van der Waals surface area contributed by atoms with Crippen LogP contribution in [0.5, 0.6) is 0 Å². The van der Waals surface area contributed by atoms with Crippen LogP contribution in [0.1, 0.15) is 6.42 Å². The number of rotatable bonds is 5. The van der Waals surface area contributed by atoms with E-state index in [0.717, 1.165) is 17.9 Å². The quantitative estimate of drug-likeness (QED) is 0.390. The number of hydrogen-bond acceptors (Lipinski definition) is 5. The molecule has 2 fully saturated rings. The van der Waals surface area contributed by atoms with Gasteiger partial charge in [-0.2, -0.15) is 0 Å². The van der Waals surface area contributed by atoms with E-state index in [1.807, 2.05) is 0 Å². The summed E-state index contributed by atoms with van der Waals surface area (Å²) in [5.41, 5.74) is 0. The SMILES string of the molecule is C=CCN1C(=O)C(=O)N(CC(=O)N(C)C2CCNC2)C1=O. The third kappa shape index (κ3) is 2.80. The Morgan fingerprint density at radius 3 is 2.62 bits per heavy atom. The maximum absolute atomic E-state index is 12.2. The van der Waals surface area contributed by atoms with Gasteiger partial charge in [-0.1, -0.05) is 6.08 Å². The number of imide groups is 2. The Morgan fingerprint density at radius 2 is 2.05 bits per heavy atom. The van der Waals surface area contributed by atoms with Gasteiger partial charge in [0.05, 0.1) is 0 Å². The minimum atomic E-state index is -0.965. The number of nitrogens with one attached hydrogen (secondary N) is 1. The second-order valence-electron chi connectivity index (χ2n) is 5.03. The highest BCUT2D eigenvalue weighted by Crippen LogP contribution is 2.13. The number of carbonyl (C=O) groups excluding carboxylic acids is 4. The van der Waals surface area contributed by atoms with Gasteiger partial charge in [-0.15, -0.1) is 6.58 Å². The van der Waals surface area contributed by atoms with Crippen molar-refractivity contribution >= 4 is 23.8 Å². The molecular weight excluding hydrogens is 276 g/mol. The summed E-state index contributed by atoms with van der Waals surface area (Å²) in [6.07, 6.45) is 2.18. The second-order valence-corrected chi connectivity index (χ2v) is 5.03. The fraction of sp³-hybridized carbons (Fsp3) is 0.538. The van der Waals surface area contributed by atoms with E-state index in [0.29, 0.717) is 11.4 Å². The van der Waals surface area contributed by atoms with Gasteiger partial charge < -0.3 is 10.2 Å². The van der Waals surface area contributed by atoms with Crippen molar-refractivity contribution in [1.82, 2.24) is 20.0 Å². The summed E-state index contributed by atoms with van der Waals surface area (Å²) in [7, 11) is 1.63. The summed E-state index contributed by atoms with van der Waals surface area (Å²) in [5.74, 6) is -2.25. The van der Waals surface area contributed by atoms with Gasteiger partial charge in [-0.3, -0.25) is 19.3 Å². The minimum Gasteiger partial charge on any atom is -0.340 e. The van der Waals surface area contributed by atoms with Crippen LogP contribution >= 0.6 is 0 Å². The zero-order valence-electron chi connectivity index (χ0n) is 11.9. The molecule has 1 N–H and O–H groups in total. The number of carbonyl (C=O) groups is 4. The molecule has 1 atom stereocenters. The lowest BCUT2D eigenvalue weighted by Crippen LogP contribution is -2.46. The first-order valence-corrected chi connectivity index (χ1v) is 6.72. The van der Waals surface area contributed by atoms with Crippen LogP contribution in [0.4, 0.5) is 4.79 Å². The second kappa shape index (κ2) is 6.04. The Balaban J connectivity index is 2.03. The van der Waals surface area contributed by atoms with Crippen LogP contribution in [0.25, 0.3) is 0 Å². The number of urea groups is 1. The molecule has 2 aliphatic rings. The van der Waals surface area contributed by atoms with Gasteiger partial charge in [0.25, 0.3) is 0 Å². The Morgan fingerprint density at radius 1 is 1.38 bits per heavy atom. The molecule has 2 saturated heterocycles. The zero-order valence-corrected chi connectivity index (χ0v) is 11.9. The minimum absolute atomic E-state index is 0.0452. The molecule has 0 bridgehead atoms. The first-order chi connectivity index (χ1) is 9.97. The van der Waals surface area contributed by atoms with E-state index in [2.05, 4.69) is 11.9 Å². The van der Waals surface area contributed by atoms with E-state index >= 15 is 0 Å². The molecule has 2 rings (SSSR count). The summed E-state index contributed by atoms with van der Waals surface area (Å²) in [6.45, 7) is 4.48. The first kappa shape index (κ1) is 15.2. The van der Waals surface area contributed by atoms with E-state index in [9.17, 15) is 19.2 Å². The number of nitrogens with zero attached hydrogens (tertiary/aromatic N) is 3. The summed E-state index contributed by atoms with van der Waals surface area (Å²) in [4.78, 5) is 50.5. The van der Waals surface area contributed by atoms with Crippen LogP contribution in [-0.2, 0) is 14.4 Å². The highest BCUT2D eigenvalue weighted by Gasteiger charge is 2.45. The molecule has 0 saturated carbocycles. The fourth-order valence-corrected chi connectivity index (χ4v) is 2.40. The Labute approximate surface area is 122 Å². The summed E-state index contributed by atoms with van der Waals surface area (Å²) >= 11 is 0. The predicted molar refractivity (Wildman–Crippen MR) is 73.1 cm³/mol. The van der Waals surface area contributed by atoms with Gasteiger partial charge in [0.15, 0.2) is 0 Å². The molecule has 8 heteroatoms. The van der Waals surface area contributed by atoms with Crippen molar-refractivity contribution in [3.63, 3.8) is 0 Å². The van der Waals surface area contributed by atoms with Gasteiger partial charge in [-0.05, 0) is 13.0 Å². The van der Waals surface area contributed by atoms with E-state index < -0.39 is 24.4 Å². The number of hydrogen-bond donors (Lipinski definition) is 1. The van der Waals surface area contributed by atoms with Gasteiger partial charge in [0, 0.05) is 26.2 Å². The lowest BCUT2D eigenvalue weighted by molar-refractivity contribution is -0.144. The summed E-state index contributed by atoms with van der Waals surface area (Å²) < 4.78 is 0. The van der Waals surface area contributed by atoms with Gasteiger partial charge >= 0.3 is 17.8 Å². The van der Waals surface area contributed by atoms with Crippen LogP contribution in [0.3, 0.4) is 0 Å². The maximum atomic E-state index is 12.2. The van der Waals surface area contributed by atoms with Crippen molar-refractivity contribution in [2.45, 2.75) is 12.5 Å². The highest BCUT2D eigenvalue weighted by atomic mass is 16.2. The molecular formula is C13H18N4O4. The molecule has 2 heterocycles. The van der Waals surface area contributed by atoms with Crippen molar-refractivity contribution in [3.8, 4) is 0 Å². The van der Waals surface area contributed by atoms with Crippen LogP contribution in [0.2, 0.25) is 0 Å². The Kier molecular flexibility index (Phi) is 4.37. The maximum Gasteiger partial charge on any atom is 0.335 e. The van der Waals surface area contributed by atoms with Crippen LogP contribution in [0.15, 0.2) is 12.7 Å². The molecule has 8 nitrogen and oxygen atoms in total. The molecule has 0 aromatic rings. The molecule has 0 spiro atoms. The van der Waals surface area contributed by atoms with Crippen molar-refractivity contribution in [1.29, 1.82) is 0 Å². The molecule has 114 valence electrons. The summed E-state index contributed by atoms with van der Waals surface area (Å²) in [6, 6.07) is -0.721. The zero-order chi connectivity index (χ0) is 15.6. The van der Waals surface area contributed by atoms with Crippen molar-refractivity contribution in [2.24, 2.45) is 0 Å². The van der Waals surface area contributed by atoms with Crippen LogP contribution in [0, 0.1) is 0 Å². The van der Waals surface area contributed by atoms with E-state index in [1.165, 1.54) is 11.0 Å². The van der Waals surface area contributed by atoms with Crippen molar-refractivity contribution in [2.75, 3.05) is 33.2 Å². The van der Waals surface area contributed by atoms with Crippen LogP contribution in [-0.4, -0.2) is 77.7 Å². The van der Waals surface area contributed by atoms with Crippen LogP contribution < -0.4 is 5.32 Å².